The summed E-state index contributed by atoms with van der Waals surface area (Å²) in [6.45, 7) is 0.387. The number of fused-ring (bicyclic) bond motifs is 1. The van der Waals surface area contributed by atoms with Gasteiger partial charge in [-0.1, -0.05) is 42.5 Å². The SMILES string of the molecule is CN(Cc1ccccc1)C(=O)c1ccccc1NS(=O)(=O)c1ccc2[nH]c(=O)[nH]c2c1. The minimum Gasteiger partial charge on any atom is -0.337 e. The molecule has 0 atom stereocenters. The van der Waals surface area contributed by atoms with Gasteiger partial charge >= 0.3 is 5.69 Å². The zero-order valence-corrected chi connectivity index (χ0v) is 17.4. The summed E-state index contributed by atoms with van der Waals surface area (Å²) in [5, 5.41) is 0. The second-order valence-electron chi connectivity index (χ2n) is 7.08. The zero-order chi connectivity index (χ0) is 22.0. The molecule has 1 aromatic heterocycles. The number of rotatable bonds is 6. The van der Waals surface area contributed by atoms with Gasteiger partial charge in [-0.15, -0.1) is 0 Å². The summed E-state index contributed by atoms with van der Waals surface area (Å²) in [5.41, 5.74) is 1.83. The first-order chi connectivity index (χ1) is 14.8. The number of hydrogen-bond donors (Lipinski definition) is 3. The van der Waals surface area contributed by atoms with Crippen LogP contribution in [0.5, 0.6) is 0 Å². The number of amides is 1. The Kier molecular flexibility index (Phi) is 5.35. The van der Waals surface area contributed by atoms with Crippen LogP contribution >= 0.6 is 0 Å². The molecule has 1 amide bonds. The average Bonchev–Trinajstić information content (AvgIpc) is 3.13. The molecular weight excluding hydrogens is 416 g/mol. The number of anilines is 1. The van der Waals surface area contributed by atoms with Crippen LogP contribution in [0.15, 0.2) is 82.5 Å². The van der Waals surface area contributed by atoms with Crippen molar-refractivity contribution in [3.63, 3.8) is 0 Å². The molecule has 158 valence electrons. The maximum Gasteiger partial charge on any atom is 0.323 e. The molecule has 0 saturated carbocycles. The van der Waals surface area contributed by atoms with Crippen LogP contribution < -0.4 is 10.4 Å². The van der Waals surface area contributed by atoms with E-state index in [0.29, 0.717) is 17.6 Å². The molecule has 3 N–H and O–H groups in total. The van der Waals surface area contributed by atoms with Gasteiger partial charge in [-0.2, -0.15) is 0 Å². The van der Waals surface area contributed by atoms with Crippen LogP contribution in [0.2, 0.25) is 0 Å². The van der Waals surface area contributed by atoms with Gasteiger partial charge < -0.3 is 14.9 Å². The highest BCUT2D eigenvalue weighted by Crippen LogP contribution is 2.23. The summed E-state index contributed by atoms with van der Waals surface area (Å²) in [5.74, 6) is -0.312. The smallest absolute Gasteiger partial charge is 0.323 e. The Hall–Kier alpha value is -3.85. The lowest BCUT2D eigenvalue weighted by Crippen LogP contribution is -2.27. The largest absolute Gasteiger partial charge is 0.337 e. The fourth-order valence-corrected chi connectivity index (χ4v) is 4.38. The summed E-state index contributed by atoms with van der Waals surface area (Å²) in [6, 6.07) is 20.2. The van der Waals surface area contributed by atoms with Gasteiger partial charge in [-0.3, -0.25) is 9.52 Å². The molecule has 0 radical (unpaired) electrons. The van der Waals surface area contributed by atoms with Crippen molar-refractivity contribution in [3.8, 4) is 0 Å². The van der Waals surface area contributed by atoms with Crippen molar-refractivity contribution in [2.75, 3.05) is 11.8 Å². The minimum atomic E-state index is -3.99. The van der Waals surface area contributed by atoms with Gasteiger partial charge in [0.2, 0.25) is 0 Å². The van der Waals surface area contributed by atoms with E-state index in [0.717, 1.165) is 5.56 Å². The van der Waals surface area contributed by atoms with Crippen LogP contribution in [0, 0.1) is 0 Å². The molecule has 9 heteroatoms. The first-order valence-corrected chi connectivity index (χ1v) is 10.9. The predicted octanol–water partition coefficient (Wildman–Crippen LogP) is 2.93. The summed E-state index contributed by atoms with van der Waals surface area (Å²) in [6.07, 6.45) is 0. The lowest BCUT2D eigenvalue weighted by molar-refractivity contribution is 0.0786. The highest BCUT2D eigenvalue weighted by Gasteiger charge is 2.21. The first kappa shape index (κ1) is 20.4. The van der Waals surface area contributed by atoms with Gasteiger partial charge in [0, 0.05) is 13.6 Å². The van der Waals surface area contributed by atoms with Gasteiger partial charge in [0.05, 0.1) is 27.2 Å². The van der Waals surface area contributed by atoms with Crippen molar-refractivity contribution >= 4 is 32.7 Å². The highest BCUT2D eigenvalue weighted by molar-refractivity contribution is 7.92. The molecule has 0 unspecified atom stereocenters. The number of sulfonamides is 1. The van der Waals surface area contributed by atoms with Crippen molar-refractivity contribution in [2.45, 2.75) is 11.4 Å². The summed E-state index contributed by atoms with van der Waals surface area (Å²) in [4.78, 5) is 31.1. The van der Waals surface area contributed by atoms with E-state index in [1.165, 1.54) is 29.2 Å². The Labute approximate surface area is 178 Å². The van der Waals surface area contributed by atoms with E-state index in [-0.39, 0.29) is 22.1 Å². The molecule has 0 spiro atoms. The molecule has 0 aliphatic carbocycles. The molecule has 4 aromatic rings. The fraction of sp³-hybridized carbons (Fsp3) is 0.0909. The maximum atomic E-state index is 13.0. The summed E-state index contributed by atoms with van der Waals surface area (Å²) in [7, 11) is -2.33. The van der Waals surface area contributed by atoms with Gasteiger partial charge in [0.25, 0.3) is 15.9 Å². The Morgan fingerprint density at radius 3 is 2.39 bits per heavy atom. The number of benzene rings is 3. The van der Waals surface area contributed by atoms with Crippen LogP contribution in [0.4, 0.5) is 5.69 Å². The molecule has 0 bridgehead atoms. The van der Waals surface area contributed by atoms with E-state index in [4.69, 9.17) is 0 Å². The normalized spacial score (nSPS) is 11.4. The van der Waals surface area contributed by atoms with Gasteiger partial charge in [0.15, 0.2) is 0 Å². The molecular formula is C22H20N4O4S. The Morgan fingerprint density at radius 1 is 0.935 bits per heavy atom. The maximum absolute atomic E-state index is 13.0. The van der Waals surface area contributed by atoms with Crippen LogP contribution in [0.1, 0.15) is 15.9 Å². The lowest BCUT2D eigenvalue weighted by Gasteiger charge is -2.19. The standard InChI is InChI=1S/C22H20N4O4S/c1-26(14-15-7-3-2-4-8-15)21(27)17-9-5-6-10-18(17)25-31(29,30)16-11-12-19-20(13-16)24-22(28)23-19/h2-13,25H,14H2,1H3,(H2,23,24,28). The average molecular weight is 436 g/mol. The molecule has 3 aromatic carbocycles. The molecule has 8 nitrogen and oxygen atoms in total. The van der Waals surface area contributed by atoms with Crippen molar-refractivity contribution in [2.24, 2.45) is 0 Å². The lowest BCUT2D eigenvalue weighted by atomic mass is 10.1. The van der Waals surface area contributed by atoms with Crippen molar-refractivity contribution in [1.82, 2.24) is 14.9 Å². The van der Waals surface area contributed by atoms with Gasteiger partial charge in [0.1, 0.15) is 0 Å². The van der Waals surface area contributed by atoms with E-state index in [9.17, 15) is 18.0 Å². The van der Waals surface area contributed by atoms with E-state index in [2.05, 4.69) is 14.7 Å². The Balaban J connectivity index is 1.61. The number of aromatic amines is 2. The van der Waals surface area contributed by atoms with Gasteiger partial charge in [-0.05, 0) is 35.9 Å². The second kappa shape index (κ2) is 8.11. The van der Waals surface area contributed by atoms with Crippen LogP contribution in [0.25, 0.3) is 11.0 Å². The zero-order valence-electron chi connectivity index (χ0n) is 16.6. The number of hydrogen-bond acceptors (Lipinski definition) is 4. The number of aromatic nitrogens is 2. The number of carbonyl (C=O) groups is 1. The molecule has 0 aliphatic heterocycles. The van der Waals surface area contributed by atoms with Crippen LogP contribution in [-0.4, -0.2) is 36.2 Å². The van der Waals surface area contributed by atoms with Gasteiger partial charge in [-0.25, -0.2) is 13.2 Å². The van der Waals surface area contributed by atoms with E-state index < -0.39 is 15.7 Å². The molecule has 0 fully saturated rings. The van der Waals surface area contributed by atoms with Crippen molar-refractivity contribution in [3.05, 3.63) is 94.4 Å². The quantitative estimate of drug-likeness (QED) is 0.431. The number of H-pyrrole nitrogens is 2. The van der Waals surface area contributed by atoms with E-state index in [1.54, 1.807) is 25.2 Å². The summed E-state index contributed by atoms with van der Waals surface area (Å²) < 4.78 is 28.4. The third-order valence-electron chi connectivity index (χ3n) is 4.81. The number of carbonyl (C=O) groups excluding carboxylic acids is 1. The number of nitrogens with zero attached hydrogens (tertiary/aromatic N) is 1. The number of imidazole rings is 1. The van der Waals surface area contributed by atoms with Crippen LogP contribution in [0.3, 0.4) is 0 Å². The fourth-order valence-electron chi connectivity index (χ4n) is 3.28. The molecule has 0 saturated heterocycles. The first-order valence-electron chi connectivity index (χ1n) is 9.47. The molecule has 1 heterocycles. The molecule has 0 aliphatic rings. The number of para-hydroxylation sites is 1. The highest BCUT2D eigenvalue weighted by atomic mass is 32.2. The monoisotopic (exact) mass is 436 g/mol. The number of nitrogens with one attached hydrogen (secondary N) is 3. The van der Waals surface area contributed by atoms with Crippen molar-refractivity contribution < 1.29 is 13.2 Å². The van der Waals surface area contributed by atoms with Crippen molar-refractivity contribution in [1.29, 1.82) is 0 Å². The van der Waals surface area contributed by atoms with Crippen LogP contribution in [-0.2, 0) is 16.6 Å². The van der Waals surface area contributed by atoms with E-state index >= 15 is 0 Å². The third kappa shape index (κ3) is 4.36. The Bertz CT molecular complexity index is 1410. The predicted molar refractivity (Wildman–Crippen MR) is 118 cm³/mol. The van der Waals surface area contributed by atoms with E-state index in [1.807, 2.05) is 30.3 Å². The second-order valence-corrected chi connectivity index (χ2v) is 8.77. The topological polar surface area (TPSA) is 115 Å². The minimum absolute atomic E-state index is 0.0323. The molecule has 31 heavy (non-hydrogen) atoms. The summed E-state index contributed by atoms with van der Waals surface area (Å²) >= 11 is 0. The third-order valence-corrected chi connectivity index (χ3v) is 6.17. The Morgan fingerprint density at radius 2 is 1.61 bits per heavy atom. The molecule has 4 rings (SSSR count).